The number of ketones is 1. The van der Waals surface area contributed by atoms with Crippen molar-refractivity contribution < 1.29 is 4.79 Å². The fraction of sp³-hybridized carbons (Fsp3) is 0.200. The van der Waals surface area contributed by atoms with Gasteiger partial charge in [-0.3, -0.25) is 9.78 Å². The minimum Gasteiger partial charge on any atom is -0.292 e. The molecular formula is C10H8BrNO. The number of pyridine rings is 1. The molecule has 0 saturated carbocycles. The molecule has 1 aromatic heterocycles. The van der Waals surface area contributed by atoms with Crippen LogP contribution in [-0.4, -0.2) is 10.8 Å². The molecule has 0 aromatic carbocycles. The lowest BCUT2D eigenvalue weighted by molar-refractivity contribution is 0.0978. The number of carbonyl (C=O) groups is 1. The van der Waals surface area contributed by atoms with Gasteiger partial charge in [-0.25, -0.2) is 0 Å². The van der Waals surface area contributed by atoms with Crippen LogP contribution in [0.4, 0.5) is 0 Å². The van der Waals surface area contributed by atoms with Crippen LogP contribution in [0.25, 0.3) is 0 Å². The van der Waals surface area contributed by atoms with Gasteiger partial charge in [0.1, 0.15) is 5.69 Å². The maximum atomic E-state index is 11.4. The summed E-state index contributed by atoms with van der Waals surface area (Å²) >= 11 is 3.25. The number of terminal acetylenes is 1. The van der Waals surface area contributed by atoms with E-state index in [2.05, 4.69) is 26.8 Å². The topological polar surface area (TPSA) is 30.0 Å². The molecule has 0 bridgehead atoms. The van der Waals surface area contributed by atoms with Crippen LogP contribution in [0, 0.1) is 12.3 Å². The van der Waals surface area contributed by atoms with Gasteiger partial charge >= 0.3 is 0 Å². The van der Waals surface area contributed by atoms with Crippen molar-refractivity contribution in [3.63, 3.8) is 0 Å². The SMILES string of the molecule is C#CCCC(=O)c1ncccc1Br. The highest BCUT2D eigenvalue weighted by Gasteiger charge is 2.09. The molecule has 0 amide bonds. The van der Waals surface area contributed by atoms with Crippen molar-refractivity contribution in [1.29, 1.82) is 0 Å². The highest BCUT2D eigenvalue weighted by Crippen LogP contribution is 2.15. The molecule has 0 atom stereocenters. The lowest BCUT2D eigenvalue weighted by Crippen LogP contribution is -2.02. The summed E-state index contributed by atoms with van der Waals surface area (Å²) < 4.78 is 0.719. The molecule has 66 valence electrons. The summed E-state index contributed by atoms with van der Waals surface area (Å²) in [6, 6.07) is 3.55. The number of carbonyl (C=O) groups excluding carboxylic acids is 1. The first-order valence-electron chi connectivity index (χ1n) is 3.83. The van der Waals surface area contributed by atoms with E-state index in [9.17, 15) is 4.79 Å². The minimum atomic E-state index is -0.0228. The van der Waals surface area contributed by atoms with Gasteiger partial charge < -0.3 is 0 Å². The number of aromatic nitrogens is 1. The third kappa shape index (κ3) is 2.67. The molecular weight excluding hydrogens is 230 g/mol. The zero-order valence-corrected chi connectivity index (χ0v) is 8.54. The number of hydrogen-bond donors (Lipinski definition) is 0. The van der Waals surface area contributed by atoms with Gasteiger partial charge in [0.2, 0.25) is 0 Å². The largest absolute Gasteiger partial charge is 0.292 e. The molecule has 1 rings (SSSR count). The minimum absolute atomic E-state index is 0.0228. The van der Waals surface area contributed by atoms with Crippen molar-refractivity contribution in [1.82, 2.24) is 4.98 Å². The average molecular weight is 238 g/mol. The second-order valence-electron chi connectivity index (χ2n) is 2.46. The maximum absolute atomic E-state index is 11.4. The average Bonchev–Trinajstić information content (AvgIpc) is 2.15. The molecule has 0 saturated heterocycles. The number of hydrogen-bond acceptors (Lipinski definition) is 2. The normalized spacial score (nSPS) is 9.23. The number of rotatable bonds is 3. The van der Waals surface area contributed by atoms with Crippen LogP contribution in [0.5, 0.6) is 0 Å². The molecule has 3 heteroatoms. The quantitative estimate of drug-likeness (QED) is 0.598. The Morgan fingerprint density at radius 3 is 3.08 bits per heavy atom. The van der Waals surface area contributed by atoms with Crippen molar-refractivity contribution in [2.24, 2.45) is 0 Å². The first-order chi connectivity index (χ1) is 6.25. The predicted molar refractivity (Wildman–Crippen MR) is 54.3 cm³/mol. The van der Waals surface area contributed by atoms with Gasteiger partial charge in [0.15, 0.2) is 5.78 Å². The fourth-order valence-corrected chi connectivity index (χ4v) is 1.37. The Labute approximate surface area is 85.5 Å². The molecule has 0 spiro atoms. The monoisotopic (exact) mass is 237 g/mol. The van der Waals surface area contributed by atoms with Gasteiger partial charge in [-0.1, -0.05) is 0 Å². The molecule has 0 aliphatic heterocycles. The van der Waals surface area contributed by atoms with Crippen molar-refractivity contribution in [3.05, 3.63) is 28.5 Å². The highest BCUT2D eigenvalue weighted by atomic mass is 79.9. The van der Waals surface area contributed by atoms with Crippen LogP contribution < -0.4 is 0 Å². The molecule has 0 N–H and O–H groups in total. The highest BCUT2D eigenvalue weighted by molar-refractivity contribution is 9.10. The van der Waals surface area contributed by atoms with Crippen LogP contribution in [0.2, 0.25) is 0 Å². The third-order valence-electron chi connectivity index (χ3n) is 1.52. The first kappa shape index (κ1) is 9.94. The molecule has 0 unspecified atom stereocenters. The zero-order chi connectivity index (χ0) is 9.68. The van der Waals surface area contributed by atoms with Crippen LogP contribution in [0.1, 0.15) is 23.3 Å². The molecule has 1 heterocycles. The van der Waals surface area contributed by atoms with Gasteiger partial charge in [0.25, 0.3) is 0 Å². The number of halogens is 1. The molecule has 0 fully saturated rings. The lowest BCUT2D eigenvalue weighted by atomic mass is 10.1. The van der Waals surface area contributed by atoms with Gasteiger partial charge in [-0.15, -0.1) is 12.3 Å². The molecule has 2 nitrogen and oxygen atoms in total. The van der Waals surface area contributed by atoms with E-state index < -0.39 is 0 Å². The van der Waals surface area contributed by atoms with E-state index in [0.29, 0.717) is 18.5 Å². The van der Waals surface area contributed by atoms with E-state index in [1.165, 1.54) is 0 Å². The summed E-state index contributed by atoms with van der Waals surface area (Å²) in [6.07, 6.45) is 7.46. The van der Waals surface area contributed by atoms with Crippen molar-refractivity contribution in [3.8, 4) is 12.3 Å². The van der Waals surface area contributed by atoms with Crippen molar-refractivity contribution in [2.45, 2.75) is 12.8 Å². The summed E-state index contributed by atoms with van der Waals surface area (Å²) in [5, 5.41) is 0. The molecule has 0 aliphatic carbocycles. The Hall–Kier alpha value is -1.14. The summed E-state index contributed by atoms with van der Waals surface area (Å²) in [5.74, 6) is 2.40. The van der Waals surface area contributed by atoms with Crippen LogP contribution in [-0.2, 0) is 0 Å². The van der Waals surface area contributed by atoms with Gasteiger partial charge in [0.05, 0.1) is 0 Å². The third-order valence-corrected chi connectivity index (χ3v) is 2.16. The lowest BCUT2D eigenvalue weighted by Gasteiger charge is -1.99. The Morgan fingerprint density at radius 1 is 1.69 bits per heavy atom. The van der Waals surface area contributed by atoms with Crippen LogP contribution >= 0.6 is 15.9 Å². The van der Waals surface area contributed by atoms with E-state index >= 15 is 0 Å². The molecule has 1 aromatic rings. The number of Topliss-reactive ketones (excluding diaryl/α,β-unsaturated/α-hetero) is 1. The fourth-order valence-electron chi connectivity index (χ4n) is 0.895. The number of nitrogens with zero attached hydrogens (tertiary/aromatic N) is 1. The Balaban J connectivity index is 2.78. The van der Waals surface area contributed by atoms with E-state index in [1.807, 2.05) is 0 Å². The van der Waals surface area contributed by atoms with E-state index in [-0.39, 0.29) is 5.78 Å². The van der Waals surface area contributed by atoms with E-state index in [4.69, 9.17) is 6.42 Å². The summed E-state index contributed by atoms with van der Waals surface area (Å²) in [4.78, 5) is 15.4. The first-order valence-corrected chi connectivity index (χ1v) is 4.62. The van der Waals surface area contributed by atoms with Crippen molar-refractivity contribution in [2.75, 3.05) is 0 Å². The van der Waals surface area contributed by atoms with Crippen LogP contribution in [0.3, 0.4) is 0 Å². The molecule has 0 radical (unpaired) electrons. The van der Waals surface area contributed by atoms with E-state index in [0.717, 1.165) is 4.47 Å². The zero-order valence-electron chi connectivity index (χ0n) is 6.96. The van der Waals surface area contributed by atoms with E-state index in [1.54, 1.807) is 18.3 Å². The molecule has 0 aliphatic rings. The summed E-state index contributed by atoms with van der Waals surface area (Å²) in [5.41, 5.74) is 0.456. The Bertz CT molecular complexity index is 354. The Morgan fingerprint density at radius 2 is 2.46 bits per heavy atom. The predicted octanol–water partition coefficient (Wildman–Crippen LogP) is 2.44. The summed E-state index contributed by atoms with van der Waals surface area (Å²) in [7, 11) is 0. The van der Waals surface area contributed by atoms with Gasteiger partial charge in [0, 0.05) is 23.5 Å². The Kier molecular flexibility index (Phi) is 3.66. The smallest absolute Gasteiger partial charge is 0.183 e. The standard InChI is InChI=1S/C10H8BrNO/c1-2-3-6-9(13)10-8(11)5-4-7-12-10/h1,4-5,7H,3,6H2. The molecule has 13 heavy (non-hydrogen) atoms. The van der Waals surface area contributed by atoms with Gasteiger partial charge in [-0.2, -0.15) is 0 Å². The summed E-state index contributed by atoms with van der Waals surface area (Å²) in [6.45, 7) is 0. The van der Waals surface area contributed by atoms with Gasteiger partial charge in [-0.05, 0) is 28.1 Å². The van der Waals surface area contributed by atoms with Crippen molar-refractivity contribution >= 4 is 21.7 Å². The second kappa shape index (κ2) is 4.78. The maximum Gasteiger partial charge on any atom is 0.183 e. The van der Waals surface area contributed by atoms with Crippen LogP contribution in [0.15, 0.2) is 22.8 Å². The second-order valence-corrected chi connectivity index (χ2v) is 3.32.